The Morgan fingerprint density at radius 1 is 0.822 bits per heavy atom. The molecule has 0 aliphatic rings. The molecular weight excluding hydrogens is 617 g/mol. The van der Waals surface area contributed by atoms with Gasteiger partial charge in [0.2, 0.25) is 52.6 Å². The van der Waals surface area contributed by atoms with E-state index in [1.807, 2.05) is 0 Å². The van der Waals surface area contributed by atoms with Crippen molar-refractivity contribution >= 4 is 41.6 Å². The zero-order valence-electron chi connectivity index (χ0n) is 23.7. The monoisotopic (exact) mass is 645 g/mol. The van der Waals surface area contributed by atoms with Gasteiger partial charge >= 0.3 is 11.9 Å². The summed E-state index contributed by atoms with van der Waals surface area (Å²) < 4.78 is 74.1. The van der Waals surface area contributed by atoms with Crippen LogP contribution in [0.5, 0.6) is 11.5 Å². The van der Waals surface area contributed by atoms with Crippen LogP contribution in [-0.4, -0.2) is 58.2 Å². The number of aliphatic carboxylic acids is 2. The Kier molecular flexibility index (Phi) is 12.9. The highest BCUT2D eigenvalue weighted by molar-refractivity contribution is 6.04. The van der Waals surface area contributed by atoms with Gasteiger partial charge in [-0.2, -0.15) is 8.78 Å². The van der Waals surface area contributed by atoms with Gasteiger partial charge in [-0.25, -0.2) is 13.2 Å². The van der Waals surface area contributed by atoms with Crippen LogP contribution in [0, 0.1) is 40.9 Å². The maximum Gasteiger partial charge on any atom is 0.305 e. The molecule has 0 fully saturated rings. The van der Waals surface area contributed by atoms with E-state index in [1.54, 1.807) is 13.8 Å². The Balaban J connectivity index is 2.36. The number of hydrogen-bond donors (Lipinski definition) is 5. The first-order valence-corrected chi connectivity index (χ1v) is 13.2. The van der Waals surface area contributed by atoms with Crippen molar-refractivity contribution in [2.24, 2.45) is 11.8 Å². The van der Waals surface area contributed by atoms with Gasteiger partial charge in [-0.3, -0.25) is 24.0 Å². The van der Waals surface area contributed by atoms with E-state index in [1.165, 1.54) is 12.1 Å². The fraction of sp³-hybridized carbons (Fsp3) is 0.357. The molecule has 2 aromatic rings. The zero-order valence-corrected chi connectivity index (χ0v) is 23.7. The number of carboxylic acids is 2. The molecule has 0 aliphatic heterocycles. The van der Waals surface area contributed by atoms with Gasteiger partial charge in [0.25, 0.3) is 0 Å². The second kappa shape index (κ2) is 16.1. The standard InChI is InChI=1S/C28H28F5N3O9/c1-12(2)9-14(26(42)34-13(11-37)10-19(40)41)27(43)36-16(7-8-18(38)39)28(44)35-15-5-3-4-6-17(15)45-25-23(32)21(30)20(29)22(31)24(25)33/h3-6,11-14,16H,7-10H2,1-2H3,(H,34,42)(H,35,44)(H,36,43)(H,38,39)(H,40,41). The third-order valence-electron chi connectivity index (χ3n) is 6.03. The topological polar surface area (TPSA) is 188 Å². The third-order valence-corrected chi connectivity index (χ3v) is 6.03. The van der Waals surface area contributed by atoms with Crippen molar-refractivity contribution in [3.8, 4) is 11.5 Å². The average Bonchev–Trinajstić information content (AvgIpc) is 2.97. The molecule has 3 amide bonds. The smallest absolute Gasteiger partial charge is 0.305 e. The fourth-order valence-electron chi connectivity index (χ4n) is 3.88. The van der Waals surface area contributed by atoms with Gasteiger partial charge < -0.3 is 35.7 Å². The number of para-hydroxylation sites is 2. The van der Waals surface area contributed by atoms with Crippen LogP contribution in [-0.2, 0) is 28.8 Å². The highest BCUT2D eigenvalue weighted by atomic mass is 19.2. The number of ether oxygens (including phenoxy) is 1. The van der Waals surface area contributed by atoms with Gasteiger partial charge in [-0.1, -0.05) is 26.0 Å². The molecule has 5 N–H and O–H groups in total. The molecule has 0 bridgehead atoms. The maximum absolute atomic E-state index is 14.2. The predicted molar refractivity (Wildman–Crippen MR) is 143 cm³/mol. The molecule has 3 unspecified atom stereocenters. The zero-order chi connectivity index (χ0) is 34.0. The summed E-state index contributed by atoms with van der Waals surface area (Å²) in [5.74, 6) is -21.8. The number of halogens is 5. The van der Waals surface area contributed by atoms with Crippen molar-refractivity contribution in [3.63, 3.8) is 0 Å². The number of amides is 3. The molecular formula is C28H28F5N3O9. The lowest BCUT2D eigenvalue weighted by molar-refractivity contribution is -0.141. The SMILES string of the molecule is CC(C)CC(C(=O)NC(C=O)CC(=O)O)C(=O)NC(CCC(=O)O)C(=O)Nc1ccccc1Oc1c(F)c(F)c(F)c(F)c1F. The van der Waals surface area contributed by atoms with E-state index in [2.05, 4.69) is 16.0 Å². The molecule has 0 saturated carbocycles. The summed E-state index contributed by atoms with van der Waals surface area (Å²) in [4.78, 5) is 72.6. The minimum Gasteiger partial charge on any atom is -0.481 e. The molecule has 2 aromatic carbocycles. The highest BCUT2D eigenvalue weighted by Crippen LogP contribution is 2.36. The van der Waals surface area contributed by atoms with E-state index >= 15 is 0 Å². The van der Waals surface area contributed by atoms with Crippen LogP contribution < -0.4 is 20.7 Å². The Morgan fingerprint density at radius 3 is 1.91 bits per heavy atom. The van der Waals surface area contributed by atoms with Crippen molar-refractivity contribution in [1.82, 2.24) is 10.6 Å². The number of benzene rings is 2. The minimum absolute atomic E-state index is 0.137. The van der Waals surface area contributed by atoms with E-state index in [9.17, 15) is 50.7 Å². The molecule has 0 saturated heterocycles. The van der Waals surface area contributed by atoms with Crippen molar-refractivity contribution < 1.29 is 65.7 Å². The number of carbonyl (C=O) groups is 6. The van der Waals surface area contributed by atoms with Crippen LogP contribution in [0.4, 0.5) is 27.6 Å². The molecule has 2 rings (SSSR count). The number of carboxylic acid groups (broad SMARTS) is 2. The van der Waals surface area contributed by atoms with E-state index in [0.717, 1.165) is 12.1 Å². The van der Waals surface area contributed by atoms with Crippen LogP contribution >= 0.6 is 0 Å². The summed E-state index contributed by atoms with van der Waals surface area (Å²) in [6, 6.07) is 1.48. The summed E-state index contributed by atoms with van der Waals surface area (Å²) in [7, 11) is 0. The Hall–Kier alpha value is -5.09. The van der Waals surface area contributed by atoms with E-state index < -0.39 is 108 Å². The van der Waals surface area contributed by atoms with Crippen LogP contribution in [0.1, 0.15) is 39.5 Å². The van der Waals surface area contributed by atoms with Gasteiger partial charge in [0.1, 0.15) is 18.2 Å². The first kappa shape index (κ1) is 36.1. The van der Waals surface area contributed by atoms with Crippen LogP contribution in [0.3, 0.4) is 0 Å². The minimum atomic E-state index is -2.43. The van der Waals surface area contributed by atoms with Crippen molar-refractivity contribution in [2.45, 2.75) is 51.6 Å². The normalized spacial score (nSPS) is 12.9. The average molecular weight is 646 g/mol. The van der Waals surface area contributed by atoms with E-state index in [-0.39, 0.29) is 24.3 Å². The van der Waals surface area contributed by atoms with Crippen LogP contribution in [0.15, 0.2) is 24.3 Å². The quantitative estimate of drug-likeness (QED) is 0.0600. The molecule has 12 nitrogen and oxygen atoms in total. The number of carbonyl (C=O) groups excluding carboxylic acids is 4. The maximum atomic E-state index is 14.2. The molecule has 0 aliphatic carbocycles. The van der Waals surface area contributed by atoms with E-state index in [0.29, 0.717) is 0 Å². The second-order valence-electron chi connectivity index (χ2n) is 10.0. The first-order valence-electron chi connectivity index (χ1n) is 13.2. The van der Waals surface area contributed by atoms with Gasteiger partial charge in [-0.05, 0) is 30.9 Å². The Labute approximate surface area is 251 Å². The lowest BCUT2D eigenvalue weighted by atomic mass is 9.94. The van der Waals surface area contributed by atoms with Gasteiger partial charge in [0, 0.05) is 6.42 Å². The summed E-state index contributed by atoms with van der Waals surface area (Å²) in [5.41, 5.74) is -0.389. The predicted octanol–water partition coefficient (Wildman–Crippen LogP) is 3.28. The number of anilines is 1. The molecule has 0 aromatic heterocycles. The van der Waals surface area contributed by atoms with Crippen molar-refractivity contribution in [2.75, 3.05) is 5.32 Å². The molecule has 45 heavy (non-hydrogen) atoms. The van der Waals surface area contributed by atoms with Crippen LogP contribution in [0.2, 0.25) is 0 Å². The summed E-state index contributed by atoms with van der Waals surface area (Å²) >= 11 is 0. The largest absolute Gasteiger partial charge is 0.481 e. The lowest BCUT2D eigenvalue weighted by Crippen LogP contribution is -2.51. The van der Waals surface area contributed by atoms with Gasteiger partial charge in [0.05, 0.1) is 18.2 Å². The highest BCUT2D eigenvalue weighted by Gasteiger charge is 2.33. The van der Waals surface area contributed by atoms with Gasteiger partial charge in [-0.15, -0.1) is 0 Å². The van der Waals surface area contributed by atoms with Crippen molar-refractivity contribution in [3.05, 3.63) is 53.4 Å². The first-order chi connectivity index (χ1) is 21.1. The Morgan fingerprint density at radius 2 is 1.38 bits per heavy atom. The van der Waals surface area contributed by atoms with Gasteiger partial charge in [0.15, 0.2) is 5.75 Å². The second-order valence-corrected chi connectivity index (χ2v) is 10.0. The molecule has 3 atom stereocenters. The number of rotatable bonds is 16. The number of hydrogen-bond acceptors (Lipinski definition) is 7. The molecule has 0 spiro atoms. The molecule has 0 radical (unpaired) electrons. The molecule has 0 heterocycles. The Bertz CT molecular complexity index is 1440. The van der Waals surface area contributed by atoms with E-state index in [4.69, 9.17) is 14.9 Å². The molecule has 244 valence electrons. The number of aldehydes is 1. The third kappa shape index (κ3) is 9.97. The lowest BCUT2D eigenvalue weighted by Gasteiger charge is -2.24. The van der Waals surface area contributed by atoms with Crippen LogP contribution in [0.25, 0.3) is 0 Å². The number of nitrogens with one attached hydrogen (secondary N) is 3. The summed E-state index contributed by atoms with van der Waals surface area (Å²) in [5, 5.41) is 24.6. The fourth-order valence-corrected chi connectivity index (χ4v) is 3.88. The van der Waals surface area contributed by atoms with Crippen molar-refractivity contribution in [1.29, 1.82) is 0 Å². The summed E-state index contributed by atoms with van der Waals surface area (Å²) in [6.45, 7) is 3.27. The summed E-state index contributed by atoms with van der Waals surface area (Å²) in [6.07, 6.45) is -1.97. The molecule has 17 heteroatoms.